The number of imidazole rings is 1. The molecule has 2 aromatic rings. The Hall–Kier alpha value is -0.740. The Bertz CT molecular complexity index is 652. The molecule has 3 N–H and O–H groups in total. The van der Waals surface area contributed by atoms with E-state index in [0.29, 0.717) is 23.3 Å². The molecule has 0 atom stereocenters. The Morgan fingerprint density at radius 3 is 2.95 bits per heavy atom. The highest BCUT2D eigenvalue weighted by Gasteiger charge is 2.20. The van der Waals surface area contributed by atoms with Gasteiger partial charge in [0.05, 0.1) is 10.1 Å². The largest absolute Gasteiger partial charge is 0.348 e. The van der Waals surface area contributed by atoms with Crippen LogP contribution in [0.2, 0.25) is 0 Å². The molecular formula is C11H15BrN4O2S2. The monoisotopic (exact) mass is 378 g/mol. The lowest BCUT2D eigenvalue weighted by Crippen LogP contribution is -2.26. The van der Waals surface area contributed by atoms with E-state index in [-0.39, 0.29) is 4.90 Å². The second-order valence-electron chi connectivity index (χ2n) is 4.11. The number of H-pyrrole nitrogens is 1. The second-order valence-corrected chi connectivity index (χ2v) is 8.30. The van der Waals surface area contributed by atoms with E-state index in [1.165, 1.54) is 11.3 Å². The van der Waals surface area contributed by atoms with Crippen molar-refractivity contribution in [2.24, 2.45) is 0 Å². The minimum absolute atomic E-state index is 0.289. The zero-order chi connectivity index (χ0) is 14.6. The molecular weight excluding hydrogens is 364 g/mol. The molecule has 110 valence electrons. The topological polar surface area (TPSA) is 86.9 Å². The smallest absolute Gasteiger partial charge is 0.242 e. The first kappa shape index (κ1) is 15.6. The summed E-state index contributed by atoms with van der Waals surface area (Å²) in [5, 5.41) is 3.00. The van der Waals surface area contributed by atoms with Crippen LogP contribution in [0.15, 0.2) is 27.3 Å². The van der Waals surface area contributed by atoms with E-state index in [0.717, 1.165) is 10.6 Å². The Labute approximate surface area is 130 Å². The maximum absolute atomic E-state index is 12.2. The molecule has 0 radical (unpaired) electrons. The first-order chi connectivity index (χ1) is 9.53. The quantitative estimate of drug-likeness (QED) is 0.680. The van der Waals surface area contributed by atoms with E-state index in [1.807, 2.05) is 7.05 Å². The number of aromatic amines is 1. The molecule has 2 rings (SSSR count). The van der Waals surface area contributed by atoms with Gasteiger partial charge < -0.3 is 10.3 Å². The minimum atomic E-state index is -3.49. The highest BCUT2D eigenvalue weighted by Crippen LogP contribution is 2.31. The Kier molecular flexibility index (Phi) is 5.33. The molecule has 0 aliphatic heterocycles. The molecule has 2 heterocycles. The zero-order valence-electron chi connectivity index (χ0n) is 10.8. The summed E-state index contributed by atoms with van der Waals surface area (Å²) < 4.78 is 27.6. The molecule has 9 heteroatoms. The van der Waals surface area contributed by atoms with Crippen LogP contribution in [0, 0.1) is 0 Å². The molecule has 0 spiro atoms. The number of halogens is 1. The maximum atomic E-state index is 12.2. The highest BCUT2D eigenvalue weighted by molar-refractivity contribution is 9.11. The van der Waals surface area contributed by atoms with Gasteiger partial charge in [-0.2, -0.15) is 0 Å². The number of hydrogen-bond acceptors (Lipinski definition) is 5. The molecule has 20 heavy (non-hydrogen) atoms. The number of hydrogen-bond donors (Lipinski definition) is 3. The predicted octanol–water partition coefficient (Wildman–Crippen LogP) is 1.47. The van der Waals surface area contributed by atoms with Gasteiger partial charge in [-0.25, -0.2) is 18.1 Å². The fourth-order valence-corrected chi connectivity index (χ4v) is 5.39. The van der Waals surface area contributed by atoms with Gasteiger partial charge in [0.2, 0.25) is 10.0 Å². The van der Waals surface area contributed by atoms with Crippen LogP contribution in [0.1, 0.15) is 10.6 Å². The van der Waals surface area contributed by atoms with Crippen molar-refractivity contribution in [1.29, 1.82) is 0 Å². The lowest BCUT2D eigenvalue weighted by molar-refractivity contribution is 0.581. The van der Waals surface area contributed by atoms with Crippen LogP contribution in [0.4, 0.5) is 0 Å². The zero-order valence-corrected chi connectivity index (χ0v) is 14.0. The summed E-state index contributed by atoms with van der Waals surface area (Å²) in [5.74, 6) is 0. The maximum Gasteiger partial charge on any atom is 0.242 e. The van der Waals surface area contributed by atoms with Gasteiger partial charge in [-0.15, -0.1) is 11.3 Å². The predicted molar refractivity (Wildman–Crippen MR) is 82.3 cm³/mol. The molecule has 0 unspecified atom stereocenters. The Balaban J connectivity index is 2.02. The van der Waals surface area contributed by atoms with Gasteiger partial charge in [0.1, 0.15) is 4.90 Å². The number of rotatable bonds is 7. The first-order valence-electron chi connectivity index (χ1n) is 5.92. The van der Waals surface area contributed by atoms with Crippen LogP contribution in [0.5, 0.6) is 0 Å². The van der Waals surface area contributed by atoms with Crippen molar-refractivity contribution in [2.45, 2.75) is 17.9 Å². The molecule has 0 aromatic carbocycles. The van der Waals surface area contributed by atoms with E-state index < -0.39 is 10.0 Å². The summed E-state index contributed by atoms with van der Waals surface area (Å²) in [5.41, 5.74) is 0.896. The van der Waals surface area contributed by atoms with E-state index in [9.17, 15) is 8.42 Å². The molecule has 2 aromatic heterocycles. The molecule has 0 aliphatic carbocycles. The van der Waals surface area contributed by atoms with E-state index in [2.05, 4.69) is 35.9 Å². The van der Waals surface area contributed by atoms with Crippen molar-refractivity contribution in [2.75, 3.05) is 13.6 Å². The third-order valence-electron chi connectivity index (χ3n) is 2.59. The summed E-state index contributed by atoms with van der Waals surface area (Å²) in [7, 11) is -1.67. The van der Waals surface area contributed by atoms with Crippen LogP contribution in [0.3, 0.4) is 0 Å². The van der Waals surface area contributed by atoms with Crippen LogP contribution in [-0.4, -0.2) is 32.0 Å². The molecule has 0 saturated carbocycles. The lowest BCUT2D eigenvalue weighted by Gasteiger charge is -2.04. The second kappa shape index (κ2) is 6.81. The fraction of sp³-hybridized carbons (Fsp3) is 0.364. The molecule has 0 fully saturated rings. The lowest BCUT2D eigenvalue weighted by atomic mass is 10.3. The van der Waals surface area contributed by atoms with Crippen LogP contribution in [-0.2, 0) is 23.0 Å². The number of nitrogens with zero attached hydrogens (tertiary/aromatic N) is 1. The number of nitrogens with one attached hydrogen (secondary N) is 3. The van der Waals surface area contributed by atoms with Gasteiger partial charge in [0.25, 0.3) is 0 Å². The van der Waals surface area contributed by atoms with Gasteiger partial charge in [-0.3, -0.25) is 0 Å². The molecule has 0 amide bonds. The number of sulfonamides is 1. The molecule has 6 nitrogen and oxygen atoms in total. The number of aromatic nitrogens is 2. The first-order valence-corrected chi connectivity index (χ1v) is 9.02. The molecule has 0 aliphatic rings. The number of thiophene rings is 1. The SMILES string of the molecule is CNCc1cc(S(=O)(=O)NCCc2cnc[nH]2)c(Br)s1. The average Bonchev–Trinajstić information content (AvgIpc) is 2.99. The molecule has 0 bridgehead atoms. The van der Waals surface area contributed by atoms with Crippen molar-refractivity contribution >= 4 is 37.3 Å². The summed E-state index contributed by atoms with van der Waals surface area (Å²) in [6.07, 6.45) is 3.83. The molecule has 0 saturated heterocycles. The summed E-state index contributed by atoms with van der Waals surface area (Å²) in [6, 6.07) is 1.68. The van der Waals surface area contributed by atoms with Gasteiger partial charge >= 0.3 is 0 Å². The third kappa shape index (κ3) is 3.89. The van der Waals surface area contributed by atoms with Gasteiger partial charge in [-0.1, -0.05) is 0 Å². The fourth-order valence-electron chi connectivity index (χ4n) is 1.66. The third-order valence-corrected chi connectivity index (χ3v) is 6.30. The standard InChI is InChI=1S/C11H15BrN4O2S2/c1-13-6-9-4-10(11(12)19-9)20(17,18)16-3-2-8-5-14-7-15-8/h4-5,7,13,16H,2-3,6H2,1H3,(H,14,15). The highest BCUT2D eigenvalue weighted by atomic mass is 79.9. The minimum Gasteiger partial charge on any atom is -0.348 e. The van der Waals surface area contributed by atoms with Crippen molar-refractivity contribution in [3.8, 4) is 0 Å². The van der Waals surface area contributed by atoms with Crippen LogP contribution < -0.4 is 10.0 Å². The Morgan fingerprint density at radius 2 is 2.30 bits per heavy atom. The van der Waals surface area contributed by atoms with Gasteiger partial charge in [0, 0.05) is 36.3 Å². The van der Waals surface area contributed by atoms with Gasteiger partial charge in [-0.05, 0) is 29.0 Å². The van der Waals surface area contributed by atoms with Crippen LogP contribution >= 0.6 is 27.3 Å². The van der Waals surface area contributed by atoms with Crippen molar-refractivity contribution in [3.63, 3.8) is 0 Å². The van der Waals surface area contributed by atoms with E-state index in [4.69, 9.17) is 0 Å². The normalized spacial score (nSPS) is 11.9. The van der Waals surface area contributed by atoms with E-state index >= 15 is 0 Å². The van der Waals surface area contributed by atoms with Crippen molar-refractivity contribution in [3.05, 3.63) is 32.9 Å². The Morgan fingerprint density at radius 1 is 1.50 bits per heavy atom. The van der Waals surface area contributed by atoms with E-state index in [1.54, 1.807) is 18.6 Å². The summed E-state index contributed by atoms with van der Waals surface area (Å²) in [6.45, 7) is 0.973. The van der Waals surface area contributed by atoms with Crippen LogP contribution in [0.25, 0.3) is 0 Å². The van der Waals surface area contributed by atoms with Gasteiger partial charge in [0.15, 0.2) is 0 Å². The summed E-state index contributed by atoms with van der Waals surface area (Å²) >= 11 is 4.72. The summed E-state index contributed by atoms with van der Waals surface area (Å²) in [4.78, 5) is 8.08. The van der Waals surface area contributed by atoms with Crippen molar-refractivity contribution in [1.82, 2.24) is 20.0 Å². The van der Waals surface area contributed by atoms with Crippen molar-refractivity contribution < 1.29 is 8.42 Å². The average molecular weight is 379 g/mol.